The van der Waals surface area contributed by atoms with Crippen molar-refractivity contribution < 1.29 is 14.2 Å². The van der Waals surface area contributed by atoms with Crippen molar-refractivity contribution in [2.75, 3.05) is 0 Å². The van der Waals surface area contributed by atoms with Crippen LogP contribution in [-0.4, -0.2) is 5.24 Å². The van der Waals surface area contributed by atoms with Crippen molar-refractivity contribution >= 4 is 16.8 Å². The van der Waals surface area contributed by atoms with E-state index in [4.69, 9.17) is 11.6 Å². The van der Waals surface area contributed by atoms with Gasteiger partial charge >= 0.3 is 0 Å². The Labute approximate surface area is 67.7 Å². The molecule has 1 rings (SSSR count). The van der Waals surface area contributed by atoms with Crippen LogP contribution < -0.4 is 0 Å². The largest absolute Gasteiger partial charge is 0.276 e. The Morgan fingerprint density at radius 2 is 1.55 bits per heavy atom. The number of halogens is 3. The fourth-order valence-electron chi connectivity index (χ4n) is 0.569. The predicted molar refractivity (Wildman–Crippen MR) is 41.6 cm³/mol. The molecule has 0 heterocycles. The van der Waals surface area contributed by atoms with Crippen LogP contribution in [0.25, 0.3) is 0 Å². The predicted octanol–water partition coefficient (Wildman–Crippen LogP) is 2.37. The number of carbonyl (C=O) groups excluding carboxylic acids is 1. The van der Waals surface area contributed by atoms with Gasteiger partial charge in [-0.25, -0.2) is 0 Å². The lowest BCUT2D eigenvalue weighted by atomic mass is 10.2. The van der Waals surface area contributed by atoms with Gasteiger partial charge in [-0.1, -0.05) is 30.3 Å². The van der Waals surface area contributed by atoms with Gasteiger partial charge in [0.2, 0.25) is 0 Å². The van der Waals surface area contributed by atoms with Gasteiger partial charge in [-0.2, -0.15) is 0 Å². The minimum absolute atomic E-state index is 0. The third kappa shape index (κ3) is 3.68. The molecule has 1 nitrogen and oxygen atoms in total. The molecule has 0 saturated carbocycles. The topological polar surface area (TPSA) is 17.1 Å². The first kappa shape index (κ1) is 12.7. The van der Waals surface area contributed by atoms with Crippen molar-refractivity contribution in [3.63, 3.8) is 0 Å². The van der Waals surface area contributed by atoms with Gasteiger partial charge in [0, 0.05) is 5.56 Å². The lowest BCUT2D eigenvalue weighted by molar-refractivity contribution is 0.108. The van der Waals surface area contributed by atoms with Crippen LogP contribution in [0.1, 0.15) is 10.4 Å². The summed E-state index contributed by atoms with van der Waals surface area (Å²) in [6.45, 7) is 0. The van der Waals surface area contributed by atoms with Crippen molar-refractivity contribution in [3.05, 3.63) is 35.9 Å². The van der Waals surface area contributed by atoms with Crippen LogP contribution in [0.5, 0.6) is 0 Å². The normalized spacial score (nSPS) is 7.36. The molecule has 1 aromatic carbocycles. The molecule has 0 saturated heterocycles. The van der Waals surface area contributed by atoms with Gasteiger partial charge in [-0.15, -0.1) is 0 Å². The Kier molecular flexibility index (Phi) is 6.69. The summed E-state index contributed by atoms with van der Waals surface area (Å²) in [5.41, 5.74) is 0.541. The molecule has 0 atom stereocenters. The maximum Gasteiger partial charge on any atom is 0.252 e. The smallest absolute Gasteiger partial charge is 0.252 e. The molecule has 0 bridgehead atoms. The maximum absolute atomic E-state index is 10.4. The van der Waals surface area contributed by atoms with Gasteiger partial charge in [-0.05, 0) is 11.6 Å². The summed E-state index contributed by atoms with van der Waals surface area (Å²) >= 11 is 5.16. The minimum Gasteiger partial charge on any atom is -0.276 e. The van der Waals surface area contributed by atoms with Crippen LogP contribution in [0.3, 0.4) is 0 Å². The fraction of sp³-hybridized carbons (Fsp3) is 0. The average Bonchev–Trinajstić information content (AvgIpc) is 1.90. The highest BCUT2D eigenvalue weighted by atomic mass is 35.5. The zero-order valence-electron chi connectivity index (χ0n) is 5.49. The summed E-state index contributed by atoms with van der Waals surface area (Å²) < 4.78 is 0. The molecule has 0 amide bonds. The van der Waals surface area contributed by atoms with E-state index in [0.29, 0.717) is 5.56 Å². The summed E-state index contributed by atoms with van der Waals surface area (Å²) in [4.78, 5) is 10.4. The van der Waals surface area contributed by atoms with E-state index in [1.54, 1.807) is 24.3 Å². The summed E-state index contributed by atoms with van der Waals surface area (Å²) in [6.07, 6.45) is 0. The van der Waals surface area contributed by atoms with Crippen molar-refractivity contribution in [2.45, 2.75) is 0 Å². The molecule has 0 radical (unpaired) electrons. The van der Waals surface area contributed by atoms with Crippen LogP contribution >= 0.6 is 11.6 Å². The van der Waals surface area contributed by atoms with Gasteiger partial charge < -0.3 is 0 Å². The van der Waals surface area contributed by atoms with Crippen LogP contribution in [0.4, 0.5) is 9.41 Å². The molecule has 0 spiro atoms. The highest BCUT2D eigenvalue weighted by molar-refractivity contribution is 6.67. The van der Waals surface area contributed by atoms with E-state index in [9.17, 15) is 4.79 Å². The number of hydrogen-bond donors (Lipinski definition) is 0. The third-order valence-corrected chi connectivity index (χ3v) is 1.22. The fourth-order valence-corrected chi connectivity index (χ4v) is 0.695. The Morgan fingerprint density at radius 3 is 1.82 bits per heavy atom. The van der Waals surface area contributed by atoms with E-state index >= 15 is 0 Å². The molecule has 0 aliphatic rings. The van der Waals surface area contributed by atoms with E-state index < -0.39 is 5.24 Å². The van der Waals surface area contributed by atoms with Crippen molar-refractivity contribution in [1.82, 2.24) is 0 Å². The number of rotatable bonds is 1. The van der Waals surface area contributed by atoms with E-state index in [1.807, 2.05) is 6.07 Å². The van der Waals surface area contributed by atoms with Crippen LogP contribution in [-0.2, 0) is 0 Å². The van der Waals surface area contributed by atoms with E-state index in [1.165, 1.54) is 0 Å². The highest BCUT2D eigenvalue weighted by Crippen LogP contribution is 2.01. The lowest BCUT2D eigenvalue weighted by Crippen LogP contribution is -1.84. The summed E-state index contributed by atoms with van der Waals surface area (Å²) in [7, 11) is 0. The molecule has 62 valence electrons. The third-order valence-electron chi connectivity index (χ3n) is 1.00. The molecule has 0 aromatic heterocycles. The maximum atomic E-state index is 10.4. The van der Waals surface area contributed by atoms with Gasteiger partial charge in [0.05, 0.1) is 0 Å². The molecule has 0 fully saturated rings. The number of hydrogen-bond acceptors (Lipinski definition) is 1. The van der Waals surface area contributed by atoms with Crippen LogP contribution in [0.15, 0.2) is 30.3 Å². The SMILES string of the molecule is F.F.O=C(Cl)c1ccccc1. The number of carbonyl (C=O) groups is 1. The molecule has 4 heteroatoms. The monoisotopic (exact) mass is 180 g/mol. The summed E-state index contributed by atoms with van der Waals surface area (Å²) in [5, 5.41) is -0.407. The van der Waals surface area contributed by atoms with Crippen LogP contribution in [0.2, 0.25) is 0 Å². The zero-order chi connectivity index (χ0) is 6.69. The standard InChI is InChI=1S/C7H5ClO.2FH/c8-7(9)6-4-2-1-3-5-6;;/h1-5H;2*1H. The highest BCUT2D eigenvalue weighted by Gasteiger charge is 1.95. The summed E-state index contributed by atoms with van der Waals surface area (Å²) in [5.74, 6) is 0. The minimum atomic E-state index is -0.407. The van der Waals surface area contributed by atoms with Gasteiger partial charge in [-0.3, -0.25) is 14.2 Å². The first-order valence-electron chi connectivity index (χ1n) is 2.55. The molecule has 0 unspecified atom stereocenters. The molecule has 0 aliphatic heterocycles. The zero-order valence-corrected chi connectivity index (χ0v) is 6.25. The average molecular weight is 181 g/mol. The quantitative estimate of drug-likeness (QED) is 0.607. The van der Waals surface area contributed by atoms with Crippen molar-refractivity contribution in [3.8, 4) is 0 Å². The Bertz CT molecular complexity index is 213. The lowest BCUT2D eigenvalue weighted by Gasteiger charge is -1.87. The Morgan fingerprint density at radius 1 is 1.09 bits per heavy atom. The first-order chi connectivity index (χ1) is 4.30. The molecule has 0 N–H and O–H groups in total. The number of benzene rings is 1. The second-order valence-electron chi connectivity index (χ2n) is 1.64. The Balaban J connectivity index is 0. The molecule has 11 heavy (non-hydrogen) atoms. The van der Waals surface area contributed by atoms with E-state index in [0.717, 1.165) is 0 Å². The Hall–Kier alpha value is -0.960. The molecule has 0 aliphatic carbocycles. The van der Waals surface area contributed by atoms with Gasteiger partial charge in [0.1, 0.15) is 0 Å². The van der Waals surface area contributed by atoms with Crippen molar-refractivity contribution in [2.24, 2.45) is 0 Å². The van der Waals surface area contributed by atoms with Gasteiger partial charge in [0.15, 0.2) is 0 Å². The van der Waals surface area contributed by atoms with E-state index in [2.05, 4.69) is 0 Å². The second kappa shape index (κ2) is 5.80. The second-order valence-corrected chi connectivity index (χ2v) is 1.98. The first-order valence-corrected chi connectivity index (χ1v) is 2.93. The molecular formula is C7H7ClF2O. The van der Waals surface area contributed by atoms with Crippen LogP contribution in [0, 0.1) is 0 Å². The van der Waals surface area contributed by atoms with Crippen molar-refractivity contribution in [1.29, 1.82) is 0 Å². The van der Waals surface area contributed by atoms with E-state index in [-0.39, 0.29) is 9.41 Å². The molecular weight excluding hydrogens is 174 g/mol. The molecule has 1 aromatic rings. The van der Waals surface area contributed by atoms with Gasteiger partial charge in [0.25, 0.3) is 5.24 Å². The summed E-state index contributed by atoms with van der Waals surface area (Å²) in [6, 6.07) is 8.74.